The molecular formula is C17H20O3. The van der Waals surface area contributed by atoms with Crippen LogP contribution >= 0.6 is 0 Å². The van der Waals surface area contributed by atoms with Crippen molar-refractivity contribution in [2.75, 3.05) is 7.11 Å². The second-order valence-electron chi connectivity index (χ2n) is 6.39. The van der Waals surface area contributed by atoms with Crippen LogP contribution in [0.25, 0.3) is 0 Å². The molecule has 3 nitrogen and oxygen atoms in total. The minimum Gasteiger partial charge on any atom is -0.478 e. The highest BCUT2D eigenvalue weighted by Crippen LogP contribution is 2.47. The molecule has 0 radical (unpaired) electrons. The van der Waals surface area contributed by atoms with E-state index >= 15 is 0 Å². The molecule has 0 atom stereocenters. The smallest absolute Gasteiger partial charge is 0.210 e. The Morgan fingerprint density at radius 2 is 1.95 bits per heavy atom. The Kier molecular flexibility index (Phi) is 2.68. The molecule has 3 aliphatic rings. The molecule has 0 bridgehead atoms. The van der Waals surface area contributed by atoms with Crippen molar-refractivity contribution in [1.29, 1.82) is 0 Å². The largest absolute Gasteiger partial charge is 0.478 e. The average Bonchev–Trinajstić information content (AvgIpc) is 3.29. The van der Waals surface area contributed by atoms with E-state index in [9.17, 15) is 4.79 Å². The lowest BCUT2D eigenvalue weighted by Gasteiger charge is -2.34. The second kappa shape index (κ2) is 4.32. The van der Waals surface area contributed by atoms with Crippen LogP contribution in [0.15, 0.2) is 18.2 Å². The molecule has 0 aromatic heterocycles. The molecule has 1 aliphatic heterocycles. The van der Waals surface area contributed by atoms with Crippen LogP contribution in [0.1, 0.15) is 60.4 Å². The first-order chi connectivity index (χ1) is 9.72. The van der Waals surface area contributed by atoms with Gasteiger partial charge in [0.05, 0.1) is 11.7 Å². The van der Waals surface area contributed by atoms with Crippen LogP contribution in [0.4, 0.5) is 0 Å². The van der Waals surface area contributed by atoms with Crippen LogP contribution in [0.2, 0.25) is 0 Å². The third-order valence-electron chi connectivity index (χ3n) is 5.09. The fourth-order valence-corrected chi connectivity index (χ4v) is 3.61. The Morgan fingerprint density at radius 3 is 2.60 bits per heavy atom. The summed E-state index contributed by atoms with van der Waals surface area (Å²) in [4.78, 5) is 12.8. The van der Waals surface area contributed by atoms with Crippen LogP contribution in [-0.4, -0.2) is 24.6 Å². The van der Waals surface area contributed by atoms with Gasteiger partial charge in [0.2, 0.25) is 5.78 Å². The van der Waals surface area contributed by atoms with Gasteiger partial charge in [-0.2, -0.15) is 0 Å². The lowest BCUT2D eigenvalue weighted by atomic mass is 9.79. The molecule has 2 fully saturated rings. The number of carbonyl (C=O) groups excluding carboxylic acids is 1. The zero-order chi connectivity index (χ0) is 13.7. The van der Waals surface area contributed by atoms with E-state index in [2.05, 4.69) is 12.1 Å². The number of benzene rings is 1. The SMILES string of the molecule is COC1CCC2(CC1)Oc1ccc(C3CC3)cc1C2=O. The molecule has 20 heavy (non-hydrogen) atoms. The number of rotatable bonds is 2. The predicted octanol–water partition coefficient (Wildman–Crippen LogP) is 3.47. The maximum atomic E-state index is 12.8. The van der Waals surface area contributed by atoms with E-state index in [4.69, 9.17) is 9.47 Å². The summed E-state index contributed by atoms with van der Waals surface area (Å²) in [6.07, 6.45) is 6.17. The summed E-state index contributed by atoms with van der Waals surface area (Å²) in [6.45, 7) is 0. The predicted molar refractivity (Wildman–Crippen MR) is 75.4 cm³/mol. The van der Waals surface area contributed by atoms with E-state index in [1.807, 2.05) is 6.07 Å². The van der Waals surface area contributed by atoms with Crippen LogP contribution in [0.3, 0.4) is 0 Å². The molecule has 1 aromatic carbocycles. The number of hydrogen-bond acceptors (Lipinski definition) is 3. The molecule has 2 saturated carbocycles. The van der Waals surface area contributed by atoms with Crippen molar-refractivity contribution in [2.24, 2.45) is 0 Å². The van der Waals surface area contributed by atoms with E-state index in [0.717, 1.165) is 37.0 Å². The molecule has 1 heterocycles. The molecule has 2 aliphatic carbocycles. The van der Waals surface area contributed by atoms with E-state index < -0.39 is 5.60 Å². The summed E-state index contributed by atoms with van der Waals surface area (Å²) in [6, 6.07) is 6.20. The maximum absolute atomic E-state index is 12.8. The quantitative estimate of drug-likeness (QED) is 0.827. The van der Waals surface area contributed by atoms with Crippen LogP contribution < -0.4 is 4.74 Å². The number of Topliss-reactive ketones (excluding diaryl/α,β-unsaturated/α-hetero) is 1. The first-order valence-electron chi connectivity index (χ1n) is 7.62. The molecule has 0 N–H and O–H groups in total. The molecule has 0 amide bonds. The fourth-order valence-electron chi connectivity index (χ4n) is 3.61. The monoisotopic (exact) mass is 272 g/mol. The van der Waals surface area contributed by atoms with Gasteiger partial charge in [0.15, 0.2) is 5.60 Å². The normalized spacial score (nSPS) is 32.2. The van der Waals surface area contributed by atoms with Gasteiger partial charge in [-0.15, -0.1) is 0 Å². The minimum atomic E-state index is -0.598. The molecule has 106 valence electrons. The topological polar surface area (TPSA) is 35.5 Å². The van der Waals surface area contributed by atoms with Gasteiger partial charge in [0.25, 0.3) is 0 Å². The van der Waals surface area contributed by atoms with Crippen LogP contribution in [-0.2, 0) is 4.74 Å². The summed E-state index contributed by atoms with van der Waals surface area (Å²) in [5.41, 5.74) is 1.52. The van der Waals surface area contributed by atoms with Crippen LogP contribution in [0.5, 0.6) is 5.75 Å². The molecule has 3 heteroatoms. The van der Waals surface area contributed by atoms with Gasteiger partial charge in [0.1, 0.15) is 5.75 Å². The van der Waals surface area contributed by atoms with Crippen molar-refractivity contribution in [3.8, 4) is 5.75 Å². The van der Waals surface area contributed by atoms with Gasteiger partial charge in [-0.3, -0.25) is 4.79 Å². The van der Waals surface area contributed by atoms with Gasteiger partial charge >= 0.3 is 0 Å². The maximum Gasteiger partial charge on any atom is 0.210 e. The highest BCUT2D eigenvalue weighted by atomic mass is 16.5. The van der Waals surface area contributed by atoms with Gasteiger partial charge in [-0.05, 0) is 62.1 Å². The van der Waals surface area contributed by atoms with Gasteiger partial charge < -0.3 is 9.47 Å². The minimum absolute atomic E-state index is 0.199. The zero-order valence-electron chi connectivity index (χ0n) is 11.9. The number of fused-ring (bicyclic) bond motifs is 1. The molecule has 4 rings (SSSR count). The summed E-state index contributed by atoms with van der Waals surface area (Å²) in [5, 5.41) is 0. The first kappa shape index (κ1) is 12.4. The highest BCUT2D eigenvalue weighted by Gasteiger charge is 2.50. The Bertz CT molecular complexity index is 551. The van der Waals surface area contributed by atoms with Gasteiger partial charge in [-0.25, -0.2) is 0 Å². The standard InChI is InChI=1S/C17H20O3/c1-19-13-6-8-17(9-7-13)16(18)14-10-12(11-2-3-11)4-5-15(14)20-17/h4-5,10-11,13H,2-3,6-9H2,1H3. The van der Waals surface area contributed by atoms with Crippen molar-refractivity contribution < 1.29 is 14.3 Å². The zero-order valence-corrected chi connectivity index (χ0v) is 11.9. The van der Waals surface area contributed by atoms with Gasteiger partial charge in [-0.1, -0.05) is 6.07 Å². The van der Waals surface area contributed by atoms with E-state index in [1.54, 1.807) is 7.11 Å². The third kappa shape index (κ3) is 1.80. The van der Waals surface area contributed by atoms with Gasteiger partial charge in [0, 0.05) is 7.11 Å². The Morgan fingerprint density at radius 1 is 1.20 bits per heavy atom. The first-order valence-corrected chi connectivity index (χ1v) is 7.62. The summed E-state index contributed by atoms with van der Waals surface area (Å²) < 4.78 is 11.5. The Labute approximate surface area is 119 Å². The molecule has 1 spiro atoms. The van der Waals surface area contributed by atoms with Crippen LogP contribution in [0, 0.1) is 0 Å². The van der Waals surface area contributed by atoms with Crippen molar-refractivity contribution in [3.63, 3.8) is 0 Å². The molecular weight excluding hydrogens is 252 g/mol. The van der Waals surface area contributed by atoms with Crippen molar-refractivity contribution in [1.82, 2.24) is 0 Å². The molecule has 0 saturated heterocycles. The third-order valence-corrected chi connectivity index (χ3v) is 5.09. The van der Waals surface area contributed by atoms with Crippen molar-refractivity contribution in [2.45, 2.75) is 56.1 Å². The number of carbonyl (C=O) groups is 1. The summed E-state index contributed by atoms with van der Waals surface area (Å²) in [7, 11) is 1.75. The number of methoxy groups -OCH3 is 1. The fraction of sp³-hybridized carbons (Fsp3) is 0.588. The molecule has 1 aromatic rings. The van der Waals surface area contributed by atoms with Crippen molar-refractivity contribution >= 4 is 5.78 Å². The van der Waals surface area contributed by atoms with E-state index in [-0.39, 0.29) is 11.9 Å². The Balaban J connectivity index is 1.62. The number of ether oxygens (including phenoxy) is 2. The molecule has 0 unspecified atom stereocenters. The summed E-state index contributed by atoms with van der Waals surface area (Å²) >= 11 is 0. The van der Waals surface area contributed by atoms with E-state index in [1.165, 1.54) is 18.4 Å². The summed E-state index contributed by atoms with van der Waals surface area (Å²) in [5.74, 6) is 1.66. The van der Waals surface area contributed by atoms with Crippen molar-refractivity contribution in [3.05, 3.63) is 29.3 Å². The lowest BCUT2D eigenvalue weighted by molar-refractivity contribution is -0.00600. The Hall–Kier alpha value is -1.35. The number of hydrogen-bond donors (Lipinski definition) is 0. The second-order valence-corrected chi connectivity index (χ2v) is 6.39. The number of ketones is 1. The lowest BCUT2D eigenvalue weighted by Crippen LogP contribution is -2.44. The van der Waals surface area contributed by atoms with E-state index in [0.29, 0.717) is 5.92 Å². The highest BCUT2D eigenvalue weighted by molar-refractivity contribution is 6.07. The average molecular weight is 272 g/mol.